The molecule has 0 aliphatic heterocycles. The summed E-state index contributed by atoms with van der Waals surface area (Å²) in [7, 11) is 0. The summed E-state index contributed by atoms with van der Waals surface area (Å²) in [4.78, 5) is 16.2. The van der Waals surface area contributed by atoms with E-state index in [-0.39, 0.29) is 5.78 Å². The molecule has 14 heavy (non-hydrogen) atoms. The molecule has 0 amide bonds. The average molecular weight is 210 g/mol. The minimum absolute atomic E-state index is 0.0926. The minimum atomic E-state index is 0.0926. The van der Waals surface area contributed by atoms with Gasteiger partial charge in [-0.05, 0) is 6.92 Å². The number of carbonyl (C=O) groups is 1. The number of aryl methyl sites for hydroxylation is 1. The Kier molecular flexibility index (Phi) is 3.98. The molecule has 3 nitrogen and oxygen atoms in total. The molecule has 1 aromatic rings. The molecular weight excluding hydrogens is 196 g/mol. The van der Waals surface area contributed by atoms with Crippen molar-refractivity contribution >= 4 is 17.1 Å². The summed E-state index contributed by atoms with van der Waals surface area (Å²) in [6, 6.07) is 0. The molecule has 0 spiro atoms. The van der Waals surface area contributed by atoms with Gasteiger partial charge in [-0.1, -0.05) is 6.08 Å². The third kappa shape index (κ3) is 2.75. The van der Waals surface area contributed by atoms with Gasteiger partial charge in [0.1, 0.15) is 5.01 Å². The molecule has 76 valence electrons. The van der Waals surface area contributed by atoms with E-state index in [4.69, 9.17) is 0 Å². The van der Waals surface area contributed by atoms with E-state index in [1.54, 1.807) is 13.0 Å². The first kappa shape index (κ1) is 11.1. The SMILES string of the molecule is C=CCNCc1nc(C)c(C(C)=O)s1. The molecule has 0 saturated heterocycles. The van der Waals surface area contributed by atoms with Gasteiger partial charge in [-0.15, -0.1) is 17.9 Å². The molecule has 1 N–H and O–H groups in total. The maximum Gasteiger partial charge on any atom is 0.171 e. The Bertz CT molecular complexity index is 344. The van der Waals surface area contributed by atoms with Gasteiger partial charge in [0.25, 0.3) is 0 Å². The van der Waals surface area contributed by atoms with Crippen molar-refractivity contribution < 1.29 is 4.79 Å². The van der Waals surface area contributed by atoms with Crippen molar-refractivity contribution in [2.75, 3.05) is 6.54 Å². The van der Waals surface area contributed by atoms with Crippen LogP contribution in [0.25, 0.3) is 0 Å². The van der Waals surface area contributed by atoms with Gasteiger partial charge in [-0.3, -0.25) is 4.79 Å². The van der Waals surface area contributed by atoms with Crippen LogP contribution in [0, 0.1) is 6.92 Å². The number of nitrogens with zero attached hydrogens (tertiary/aromatic N) is 1. The van der Waals surface area contributed by atoms with Crippen molar-refractivity contribution in [3.8, 4) is 0 Å². The van der Waals surface area contributed by atoms with Crippen LogP contribution in [0.3, 0.4) is 0 Å². The second-order valence-electron chi connectivity index (χ2n) is 3.00. The van der Waals surface area contributed by atoms with Crippen LogP contribution in [0.15, 0.2) is 12.7 Å². The Labute approximate surface area is 87.9 Å². The van der Waals surface area contributed by atoms with Gasteiger partial charge in [-0.2, -0.15) is 0 Å². The second-order valence-corrected chi connectivity index (χ2v) is 4.08. The first-order valence-corrected chi connectivity index (χ1v) is 5.25. The lowest BCUT2D eigenvalue weighted by Gasteiger charge is -1.95. The molecule has 0 saturated carbocycles. The number of nitrogens with one attached hydrogen (secondary N) is 1. The highest BCUT2D eigenvalue weighted by Crippen LogP contribution is 2.18. The molecule has 0 aromatic carbocycles. The highest BCUT2D eigenvalue weighted by Gasteiger charge is 2.10. The van der Waals surface area contributed by atoms with E-state index in [1.165, 1.54) is 11.3 Å². The van der Waals surface area contributed by atoms with E-state index in [0.29, 0.717) is 6.54 Å². The maximum atomic E-state index is 11.1. The molecule has 4 heteroatoms. The number of rotatable bonds is 5. The summed E-state index contributed by atoms with van der Waals surface area (Å²) in [5, 5.41) is 4.10. The van der Waals surface area contributed by atoms with E-state index in [9.17, 15) is 4.79 Å². The summed E-state index contributed by atoms with van der Waals surface area (Å²) >= 11 is 1.46. The first-order chi connectivity index (χ1) is 6.65. The molecular formula is C10H14N2OS. The highest BCUT2D eigenvalue weighted by atomic mass is 32.1. The quantitative estimate of drug-likeness (QED) is 0.459. The fraction of sp³-hybridized carbons (Fsp3) is 0.400. The van der Waals surface area contributed by atoms with Crippen LogP contribution in [0.5, 0.6) is 0 Å². The highest BCUT2D eigenvalue weighted by molar-refractivity contribution is 7.13. The Balaban J connectivity index is 2.66. The Morgan fingerprint density at radius 3 is 2.93 bits per heavy atom. The van der Waals surface area contributed by atoms with Gasteiger partial charge in [0, 0.05) is 20.0 Å². The van der Waals surface area contributed by atoms with E-state index >= 15 is 0 Å². The number of aromatic nitrogens is 1. The minimum Gasteiger partial charge on any atom is -0.307 e. The van der Waals surface area contributed by atoms with Gasteiger partial charge in [0.05, 0.1) is 10.6 Å². The number of hydrogen-bond acceptors (Lipinski definition) is 4. The summed E-state index contributed by atoms with van der Waals surface area (Å²) < 4.78 is 0. The summed E-state index contributed by atoms with van der Waals surface area (Å²) in [6.07, 6.45) is 1.80. The largest absolute Gasteiger partial charge is 0.307 e. The van der Waals surface area contributed by atoms with Gasteiger partial charge < -0.3 is 5.32 Å². The Morgan fingerprint density at radius 1 is 1.71 bits per heavy atom. The molecule has 0 bridgehead atoms. The third-order valence-corrected chi connectivity index (χ3v) is 2.98. The first-order valence-electron chi connectivity index (χ1n) is 4.44. The smallest absolute Gasteiger partial charge is 0.171 e. The second kappa shape index (κ2) is 5.02. The van der Waals surface area contributed by atoms with Crippen LogP contribution in [0.4, 0.5) is 0 Å². The molecule has 1 aromatic heterocycles. The fourth-order valence-corrected chi connectivity index (χ4v) is 2.07. The summed E-state index contributed by atoms with van der Waals surface area (Å²) in [5.74, 6) is 0.0926. The normalized spacial score (nSPS) is 10.1. The van der Waals surface area contributed by atoms with Crippen LogP contribution in [-0.4, -0.2) is 17.3 Å². The van der Waals surface area contributed by atoms with Crippen LogP contribution in [0.2, 0.25) is 0 Å². The predicted molar refractivity (Wildman–Crippen MR) is 58.8 cm³/mol. The van der Waals surface area contributed by atoms with Gasteiger partial charge >= 0.3 is 0 Å². The van der Waals surface area contributed by atoms with Gasteiger partial charge in [0.2, 0.25) is 0 Å². The molecule has 1 heterocycles. The van der Waals surface area contributed by atoms with Crippen LogP contribution >= 0.6 is 11.3 Å². The van der Waals surface area contributed by atoms with Gasteiger partial charge in [-0.25, -0.2) is 4.98 Å². The lowest BCUT2D eigenvalue weighted by Crippen LogP contribution is -2.12. The average Bonchev–Trinajstić information content (AvgIpc) is 2.47. The van der Waals surface area contributed by atoms with Crippen molar-refractivity contribution in [3.63, 3.8) is 0 Å². The number of carbonyl (C=O) groups excluding carboxylic acids is 1. The molecule has 0 aliphatic carbocycles. The van der Waals surface area contributed by atoms with Crippen molar-refractivity contribution in [1.29, 1.82) is 0 Å². The lowest BCUT2D eigenvalue weighted by molar-refractivity contribution is 0.102. The van der Waals surface area contributed by atoms with Crippen LogP contribution in [-0.2, 0) is 6.54 Å². The van der Waals surface area contributed by atoms with Crippen LogP contribution < -0.4 is 5.32 Å². The summed E-state index contributed by atoms with van der Waals surface area (Å²) in [5.41, 5.74) is 0.831. The van der Waals surface area contributed by atoms with E-state index in [2.05, 4.69) is 16.9 Å². The zero-order valence-electron chi connectivity index (χ0n) is 8.46. The number of hydrogen-bond donors (Lipinski definition) is 1. The predicted octanol–water partition coefficient (Wildman–Crippen LogP) is 1.93. The lowest BCUT2D eigenvalue weighted by atomic mass is 10.3. The van der Waals surface area contributed by atoms with Crippen LogP contribution in [0.1, 0.15) is 27.3 Å². The molecule has 0 radical (unpaired) electrons. The zero-order valence-corrected chi connectivity index (χ0v) is 9.28. The zero-order chi connectivity index (χ0) is 10.6. The number of Topliss-reactive ketones (excluding diaryl/α,β-unsaturated/α-hetero) is 1. The third-order valence-electron chi connectivity index (χ3n) is 1.73. The molecule has 0 aliphatic rings. The summed E-state index contributed by atoms with van der Waals surface area (Å²) in [6.45, 7) is 8.50. The number of thiazole rings is 1. The fourth-order valence-electron chi connectivity index (χ4n) is 1.14. The van der Waals surface area contributed by atoms with E-state index < -0.39 is 0 Å². The monoisotopic (exact) mass is 210 g/mol. The topological polar surface area (TPSA) is 42.0 Å². The molecule has 0 atom stereocenters. The van der Waals surface area contributed by atoms with E-state index in [1.807, 2.05) is 6.92 Å². The molecule has 1 rings (SSSR count). The Morgan fingerprint density at radius 2 is 2.43 bits per heavy atom. The van der Waals surface area contributed by atoms with E-state index in [0.717, 1.165) is 22.1 Å². The van der Waals surface area contributed by atoms with Crippen molar-refractivity contribution in [1.82, 2.24) is 10.3 Å². The van der Waals surface area contributed by atoms with Crippen molar-refractivity contribution in [2.24, 2.45) is 0 Å². The standard InChI is InChI=1S/C10H14N2OS/c1-4-5-11-6-9-12-7(2)10(14-9)8(3)13/h4,11H,1,5-6H2,2-3H3. The maximum absolute atomic E-state index is 11.1. The van der Waals surface area contributed by atoms with Crippen molar-refractivity contribution in [3.05, 3.63) is 28.2 Å². The molecule has 0 unspecified atom stereocenters. The number of ketones is 1. The molecule has 0 fully saturated rings. The van der Waals surface area contributed by atoms with Gasteiger partial charge in [0.15, 0.2) is 5.78 Å². The van der Waals surface area contributed by atoms with Crippen molar-refractivity contribution in [2.45, 2.75) is 20.4 Å². The Hall–Kier alpha value is -1.00.